The minimum Gasteiger partial charge on any atom is -0.475 e. The number of carboxylic acid groups (broad SMARTS) is 1. The number of carbonyl (C=O) groups is 3. The average molecular weight is 296 g/mol. The number of aryl methyl sites for hydroxylation is 1. The highest BCUT2D eigenvalue weighted by molar-refractivity contribution is 5.85. The predicted molar refractivity (Wildman–Crippen MR) is 71.3 cm³/mol. The summed E-state index contributed by atoms with van der Waals surface area (Å²) in [6.45, 7) is 1.98. The molecule has 2 aromatic rings. The van der Waals surface area contributed by atoms with Crippen LogP contribution < -0.4 is 0 Å². The van der Waals surface area contributed by atoms with Crippen molar-refractivity contribution in [2.75, 3.05) is 0 Å². The van der Waals surface area contributed by atoms with E-state index in [4.69, 9.17) is 19.5 Å². The molecule has 0 fully saturated rings. The van der Waals surface area contributed by atoms with Crippen LogP contribution in [-0.4, -0.2) is 23.6 Å². The van der Waals surface area contributed by atoms with E-state index in [1.807, 2.05) is 13.0 Å². The largest absolute Gasteiger partial charge is 0.475 e. The number of furan rings is 2. The molecule has 0 aliphatic carbocycles. The van der Waals surface area contributed by atoms with Crippen molar-refractivity contribution in [1.29, 1.82) is 0 Å². The van der Waals surface area contributed by atoms with E-state index in [1.54, 1.807) is 6.07 Å². The molecule has 112 valence electrons. The molecule has 0 unspecified atom stereocenters. The van der Waals surface area contributed by atoms with Gasteiger partial charge in [-0.05, 0) is 24.3 Å². The van der Waals surface area contributed by atoms with E-state index in [-0.39, 0.29) is 11.5 Å². The van der Waals surface area contributed by atoms with Gasteiger partial charge in [-0.2, -0.15) is 0 Å². The van der Waals surface area contributed by atoms with E-state index in [0.29, 0.717) is 18.3 Å². The van der Waals surface area contributed by atoms with Crippen LogP contribution in [-0.2, 0) is 6.42 Å². The molecule has 21 heavy (non-hydrogen) atoms. The monoisotopic (exact) mass is 296 g/mol. The number of hydrogen-bond donors (Lipinski definition) is 1. The molecule has 0 amide bonds. The van der Waals surface area contributed by atoms with Gasteiger partial charge >= 0.3 is 5.97 Å². The van der Waals surface area contributed by atoms with Crippen LogP contribution in [0.1, 0.15) is 44.3 Å². The predicted octanol–water partition coefficient (Wildman–Crippen LogP) is 2.51. The fourth-order valence-electron chi connectivity index (χ4n) is 1.18. The van der Waals surface area contributed by atoms with E-state index in [9.17, 15) is 14.4 Å². The molecular formula is C13H12O8. The summed E-state index contributed by atoms with van der Waals surface area (Å²) in [6, 6.07) is 6.01. The Bertz CT molecular complexity index is 581. The van der Waals surface area contributed by atoms with E-state index in [0.717, 1.165) is 12.2 Å². The smallest absolute Gasteiger partial charge is 0.371 e. The van der Waals surface area contributed by atoms with Crippen molar-refractivity contribution in [2.45, 2.75) is 13.3 Å². The van der Waals surface area contributed by atoms with Crippen molar-refractivity contribution in [2.24, 2.45) is 0 Å². The molecule has 0 saturated heterocycles. The van der Waals surface area contributed by atoms with Crippen LogP contribution in [0, 0.1) is 9.93 Å². The summed E-state index contributed by atoms with van der Waals surface area (Å²) in [5, 5.41) is 8.28. The van der Waals surface area contributed by atoms with E-state index in [1.165, 1.54) is 12.1 Å². The van der Waals surface area contributed by atoms with Gasteiger partial charge in [0.05, 0.1) is 0 Å². The van der Waals surface area contributed by atoms with Gasteiger partial charge in [-0.25, -0.2) is 4.79 Å². The third-order valence-corrected chi connectivity index (χ3v) is 2.10. The van der Waals surface area contributed by atoms with Gasteiger partial charge in [0.2, 0.25) is 5.76 Å². The van der Waals surface area contributed by atoms with Crippen LogP contribution in [0.25, 0.3) is 0 Å². The second kappa shape index (κ2) is 9.84. The van der Waals surface area contributed by atoms with Crippen molar-refractivity contribution in [3.05, 3.63) is 57.2 Å². The molecule has 1 N–H and O–H groups in total. The Hall–Kier alpha value is -3.03. The molecule has 0 aliphatic heterocycles. The summed E-state index contributed by atoms with van der Waals surface area (Å²) >= 11 is 0. The molecule has 0 bridgehead atoms. The SMILES string of the molecule is CCc1ccc(C=O)o1.O=Cc1ccc(C(=O)O)o1.O=O. The first-order chi connectivity index (χ1) is 10.1. The Morgan fingerprint density at radius 2 is 1.57 bits per heavy atom. The molecule has 0 aromatic carbocycles. The van der Waals surface area contributed by atoms with Crippen molar-refractivity contribution in [3.8, 4) is 0 Å². The Morgan fingerprint density at radius 1 is 1.05 bits per heavy atom. The van der Waals surface area contributed by atoms with E-state index < -0.39 is 5.97 Å². The normalized spacial score (nSPS) is 8.62. The van der Waals surface area contributed by atoms with Gasteiger partial charge in [-0.15, -0.1) is 0 Å². The fraction of sp³-hybridized carbons (Fsp3) is 0.154. The van der Waals surface area contributed by atoms with Gasteiger partial charge in [0, 0.05) is 16.4 Å². The van der Waals surface area contributed by atoms with E-state index >= 15 is 0 Å². The summed E-state index contributed by atoms with van der Waals surface area (Å²) in [4.78, 5) is 44.1. The number of hydrogen-bond acceptors (Lipinski definition) is 7. The summed E-state index contributed by atoms with van der Waals surface area (Å²) in [7, 11) is 0. The molecule has 0 saturated carbocycles. The second-order valence-electron chi connectivity index (χ2n) is 3.40. The van der Waals surface area contributed by atoms with Gasteiger partial charge in [0.1, 0.15) is 5.76 Å². The highest BCUT2D eigenvalue weighted by Crippen LogP contribution is 2.05. The topological polar surface area (TPSA) is 132 Å². The lowest BCUT2D eigenvalue weighted by Crippen LogP contribution is -1.91. The number of carboxylic acids is 1. The number of aldehydes is 2. The number of aromatic carboxylic acids is 1. The van der Waals surface area contributed by atoms with Crippen LogP contribution in [0.3, 0.4) is 0 Å². The van der Waals surface area contributed by atoms with Crippen molar-refractivity contribution >= 4 is 18.5 Å². The van der Waals surface area contributed by atoms with Gasteiger partial charge in [-0.3, -0.25) is 9.59 Å². The molecule has 0 spiro atoms. The molecular weight excluding hydrogens is 284 g/mol. The zero-order valence-electron chi connectivity index (χ0n) is 11.0. The third kappa shape index (κ3) is 6.10. The maximum atomic E-state index is 10.1. The summed E-state index contributed by atoms with van der Waals surface area (Å²) < 4.78 is 9.54. The van der Waals surface area contributed by atoms with Crippen LogP contribution in [0.2, 0.25) is 0 Å². The molecule has 8 nitrogen and oxygen atoms in total. The molecule has 2 rings (SSSR count). The molecule has 0 radical (unpaired) electrons. The fourth-order valence-corrected chi connectivity index (χ4v) is 1.18. The van der Waals surface area contributed by atoms with Gasteiger partial charge < -0.3 is 13.9 Å². The lowest BCUT2D eigenvalue weighted by Gasteiger charge is -1.82. The second-order valence-corrected chi connectivity index (χ2v) is 3.40. The van der Waals surface area contributed by atoms with E-state index in [2.05, 4.69) is 4.42 Å². The molecule has 8 heteroatoms. The Morgan fingerprint density at radius 3 is 1.86 bits per heavy atom. The minimum absolute atomic E-state index is 0.0254. The van der Waals surface area contributed by atoms with Crippen molar-refractivity contribution in [1.82, 2.24) is 0 Å². The first-order valence-electron chi connectivity index (χ1n) is 5.59. The maximum absolute atomic E-state index is 10.1. The molecule has 2 aromatic heterocycles. The molecule has 2 heterocycles. The zero-order valence-corrected chi connectivity index (χ0v) is 11.0. The Kier molecular flexibility index (Phi) is 8.42. The van der Waals surface area contributed by atoms with Crippen LogP contribution in [0.5, 0.6) is 0 Å². The number of rotatable bonds is 4. The quantitative estimate of drug-likeness (QED) is 0.851. The minimum atomic E-state index is -1.17. The first-order valence-corrected chi connectivity index (χ1v) is 5.59. The van der Waals surface area contributed by atoms with Gasteiger partial charge in [0.15, 0.2) is 24.1 Å². The summed E-state index contributed by atoms with van der Waals surface area (Å²) in [6.07, 6.45) is 2.00. The van der Waals surface area contributed by atoms with Crippen molar-refractivity contribution in [3.63, 3.8) is 0 Å². The third-order valence-electron chi connectivity index (χ3n) is 2.10. The Balaban J connectivity index is 0.000000342. The van der Waals surface area contributed by atoms with Gasteiger partial charge in [-0.1, -0.05) is 6.92 Å². The zero-order chi connectivity index (χ0) is 16.3. The highest BCUT2D eigenvalue weighted by Gasteiger charge is 2.06. The van der Waals surface area contributed by atoms with Gasteiger partial charge in [0.25, 0.3) is 0 Å². The maximum Gasteiger partial charge on any atom is 0.371 e. The first kappa shape index (κ1) is 18.0. The summed E-state index contributed by atoms with van der Waals surface area (Å²) in [5.74, 6) is -0.100. The number of carbonyl (C=O) groups excluding carboxylic acids is 2. The van der Waals surface area contributed by atoms with Crippen LogP contribution >= 0.6 is 0 Å². The average Bonchev–Trinajstić information content (AvgIpc) is 3.18. The van der Waals surface area contributed by atoms with Crippen molar-refractivity contribution < 1.29 is 28.3 Å². The van der Waals surface area contributed by atoms with Crippen LogP contribution in [0.15, 0.2) is 33.1 Å². The molecule has 0 atom stereocenters. The highest BCUT2D eigenvalue weighted by atomic mass is 16.7. The lowest BCUT2D eigenvalue weighted by atomic mass is 10.4. The molecule has 0 aliphatic rings. The lowest BCUT2D eigenvalue weighted by molar-refractivity contribution is 0.0661. The standard InChI is InChI=1S/C7H8O2.C6H4O4.O2/c1-2-6-3-4-7(5-8)9-6;7-3-4-1-2-5(10-4)6(8)9;1-2/h3-5H,2H2,1H3;1-3H,(H,8,9);. The summed E-state index contributed by atoms with van der Waals surface area (Å²) in [5.41, 5.74) is 0. The Labute approximate surface area is 118 Å². The van der Waals surface area contributed by atoms with Crippen LogP contribution in [0.4, 0.5) is 0 Å².